The van der Waals surface area contributed by atoms with E-state index >= 15 is 0 Å². The highest BCUT2D eigenvalue weighted by Crippen LogP contribution is 2.51. The SMILES string of the molecule is c1ccc(-c2ccc(-c3cccc(-c4ccc5oc6ccccc6c5c4)c3-c3c4ccccc4c(-c4ccc(-c5ccccc5)c5ccccc45)c4ccccc34)cc2)cc1. The van der Waals surface area contributed by atoms with Crippen molar-refractivity contribution in [1.29, 1.82) is 0 Å². The van der Waals surface area contributed by atoms with E-state index in [9.17, 15) is 0 Å². The second-order valence-corrected chi connectivity index (χ2v) is 15.9. The van der Waals surface area contributed by atoms with Gasteiger partial charge in [-0.15, -0.1) is 0 Å². The van der Waals surface area contributed by atoms with Gasteiger partial charge in [0.05, 0.1) is 0 Å². The van der Waals surface area contributed by atoms with Crippen molar-refractivity contribution in [2.75, 3.05) is 0 Å². The number of para-hydroxylation sites is 1. The summed E-state index contributed by atoms with van der Waals surface area (Å²) in [6, 6.07) is 83.9. The molecule has 0 amide bonds. The molecule has 12 aromatic rings. The molecular weight excluding hydrogens is 737 g/mol. The van der Waals surface area contributed by atoms with Crippen LogP contribution in [0.2, 0.25) is 0 Å². The molecule has 1 aromatic heterocycles. The van der Waals surface area contributed by atoms with Gasteiger partial charge in [-0.1, -0.05) is 212 Å². The number of benzene rings is 11. The minimum Gasteiger partial charge on any atom is -0.456 e. The summed E-state index contributed by atoms with van der Waals surface area (Å²) in [5, 5.41) is 9.63. The molecule has 0 N–H and O–H groups in total. The number of rotatable bonds is 6. The fourth-order valence-electron chi connectivity index (χ4n) is 9.74. The Hall–Kier alpha value is -8.00. The molecule has 1 heteroatoms. The molecule has 0 spiro atoms. The third-order valence-electron chi connectivity index (χ3n) is 12.5. The average molecular weight is 775 g/mol. The molecule has 0 unspecified atom stereocenters. The lowest BCUT2D eigenvalue weighted by Crippen LogP contribution is -1.96. The average Bonchev–Trinajstić information content (AvgIpc) is 3.71. The summed E-state index contributed by atoms with van der Waals surface area (Å²) in [5.41, 5.74) is 16.3. The van der Waals surface area contributed by atoms with E-state index in [0.717, 1.165) is 27.5 Å². The zero-order valence-electron chi connectivity index (χ0n) is 33.3. The summed E-state index contributed by atoms with van der Waals surface area (Å²) in [4.78, 5) is 0. The summed E-state index contributed by atoms with van der Waals surface area (Å²) in [6.07, 6.45) is 0. The molecule has 0 radical (unpaired) electrons. The lowest BCUT2D eigenvalue weighted by molar-refractivity contribution is 0.669. The largest absolute Gasteiger partial charge is 0.456 e. The molecule has 0 aliphatic rings. The molecular formula is C60H38O. The molecule has 0 saturated heterocycles. The van der Waals surface area contributed by atoms with Crippen LogP contribution in [0.1, 0.15) is 0 Å². The van der Waals surface area contributed by atoms with Gasteiger partial charge in [0.15, 0.2) is 0 Å². The quantitative estimate of drug-likeness (QED) is 0.153. The Kier molecular flexibility index (Phi) is 8.25. The highest BCUT2D eigenvalue weighted by Gasteiger charge is 2.23. The van der Waals surface area contributed by atoms with Crippen molar-refractivity contribution in [3.8, 4) is 66.8 Å². The second-order valence-electron chi connectivity index (χ2n) is 15.9. The van der Waals surface area contributed by atoms with Crippen LogP contribution in [0.3, 0.4) is 0 Å². The summed E-state index contributed by atoms with van der Waals surface area (Å²) in [5.74, 6) is 0. The van der Waals surface area contributed by atoms with E-state index in [2.05, 4.69) is 224 Å². The summed E-state index contributed by atoms with van der Waals surface area (Å²) < 4.78 is 6.33. The van der Waals surface area contributed by atoms with Gasteiger partial charge in [-0.05, 0) is 117 Å². The van der Waals surface area contributed by atoms with E-state index in [1.54, 1.807) is 0 Å². The normalized spacial score (nSPS) is 11.6. The molecule has 0 atom stereocenters. The van der Waals surface area contributed by atoms with Crippen LogP contribution in [0.15, 0.2) is 235 Å². The van der Waals surface area contributed by atoms with Crippen molar-refractivity contribution in [3.05, 3.63) is 231 Å². The lowest BCUT2D eigenvalue weighted by atomic mass is 9.80. The molecule has 61 heavy (non-hydrogen) atoms. The van der Waals surface area contributed by atoms with Crippen LogP contribution in [0.4, 0.5) is 0 Å². The van der Waals surface area contributed by atoms with Gasteiger partial charge in [-0.2, -0.15) is 0 Å². The third kappa shape index (κ3) is 5.78. The first-order valence-electron chi connectivity index (χ1n) is 21.0. The monoisotopic (exact) mass is 774 g/mol. The summed E-state index contributed by atoms with van der Waals surface area (Å²) >= 11 is 0. The highest BCUT2D eigenvalue weighted by atomic mass is 16.3. The molecule has 11 aromatic carbocycles. The fraction of sp³-hybridized carbons (Fsp3) is 0. The van der Waals surface area contributed by atoms with Gasteiger partial charge in [0.2, 0.25) is 0 Å². The summed E-state index contributed by atoms with van der Waals surface area (Å²) in [7, 11) is 0. The Balaban J connectivity index is 1.16. The smallest absolute Gasteiger partial charge is 0.135 e. The lowest BCUT2D eigenvalue weighted by Gasteiger charge is -2.23. The fourth-order valence-corrected chi connectivity index (χ4v) is 9.74. The van der Waals surface area contributed by atoms with Gasteiger partial charge in [0.1, 0.15) is 11.2 Å². The predicted molar refractivity (Wildman–Crippen MR) is 259 cm³/mol. The second kappa shape index (κ2) is 14.4. The Bertz CT molecular complexity index is 3560. The van der Waals surface area contributed by atoms with Crippen LogP contribution in [0, 0.1) is 0 Å². The number of furan rings is 1. The van der Waals surface area contributed by atoms with Crippen molar-refractivity contribution in [2.45, 2.75) is 0 Å². The molecule has 0 bridgehead atoms. The highest BCUT2D eigenvalue weighted by molar-refractivity contribution is 6.26. The van der Waals surface area contributed by atoms with E-state index in [1.807, 2.05) is 6.07 Å². The third-order valence-corrected chi connectivity index (χ3v) is 12.5. The van der Waals surface area contributed by atoms with Crippen LogP contribution in [0.25, 0.3) is 121 Å². The Labute approximate surface area is 354 Å². The van der Waals surface area contributed by atoms with Crippen LogP contribution in [-0.2, 0) is 0 Å². The molecule has 0 aliphatic heterocycles. The first kappa shape index (κ1) is 35.0. The van der Waals surface area contributed by atoms with E-state index in [4.69, 9.17) is 4.42 Å². The van der Waals surface area contributed by atoms with Crippen LogP contribution in [0.5, 0.6) is 0 Å². The minimum absolute atomic E-state index is 0.893. The van der Waals surface area contributed by atoms with Crippen molar-refractivity contribution in [3.63, 3.8) is 0 Å². The van der Waals surface area contributed by atoms with Gasteiger partial charge < -0.3 is 4.42 Å². The molecule has 284 valence electrons. The van der Waals surface area contributed by atoms with Crippen LogP contribution >= 0.6 is 0 Å². The first-order valence-corrected chi connectivity index (χ1v) is 21.0. The molecule has 12 rings (SSSR count). The minimum atomic E-state index is 0.893. The Morgan fingerprint density at radius 3 is 1.28 bits per heavy atom. The van der Waals surface area contributed by atoms with Gasteiger partial charge in [0, 0.05) is 10.8 Å². The van der Waals surface area contributed by atoms with E-state index in [0.29, 0.717) is 0 Å². The maximum Gasteiger partial charge on any atom is 0.135 e. The van der Waals surface area contributed by atoms with Gasteiger partial charge in [0.25, 0.3) is 0 Å². The zero-order valence-corrected chi connectivity index (χ0v) is 33.3. The van der Waals surface area contributed by atoms with E-state index < -0.39 is 0 Å². The van der Waals surface area contributed by atoms with Crippen molar-refractivity contribution < 1.29 is 4.42 Å². The number of hydrogen-bond acceptors (Lipinski definition) is 1. The van der Waals surface area contributed by atoms with Gasteiger partial charge >= 0.3 is 0 Å². The standard InChI is InChI=1S/C60H38O/c1-3-16-39(17-4-1)40-30-32-42(33-31-40)45-27-15-28-46(43-34-37-57-55(38-43)49-22-13-14-29-56(49)61-57)59(45)60-52-25-11-9-23-50(52)58(51-24-10-12-26-53(51)60)54-36-35-44(41-18-5-2-6-19-41)47-20-7-8-21-48(47)54/h1-38H. The maximum absolute atomic E-state index is 6.33. The van der Waals surface area contributed by atoms with Crippen molar-refractivity contribution >= 4 is 54.3 Å². The Morgan fingerprint density at radius 2 is 0.623 bits per heavy atom. The maximum atomic E-state index is 6.33. The Morgan fingerprint density at radius 1 is 0.197 bits per heavy atom. The zero-order chi connectivity index (χ0) is 40.3. The molecule has 1 nitrogen and oxygen atoms in total. The van der Waals surface area contributed by atoms with Crippen molar-refractivity contribution in [2.24, 2.45) is 0 Å². The number of fused-ring (bicyclic) bond motifs is 6. The van der Waals surface area contributed by atoms with E-state index in [1.165, 1.54) is 93.5 Å². The van der Waals surface area contributed by atoms with Crippen LogP contribution < -0.4 is 0 Å². The van der Waals surface area contributed by atoms with E-state index in [-0.39, 0.29) is 0 Å². The molecule has 1 heterocycles. The molecule has 0 aliphatic carbocycles. The summed E-state index contributed by atoms with van der Waals surface area (Å²) in [6.45, 7) is 0. The van der Waals surface area contributed by atoms with Gasteiger partial charge in [-0.3, -0.25) is 0 Å². The number of hydrogen-bond donors (Lipinski definition) is 0. The predicted octanol–water partition coefficient (Wildman–Crippen LogP) is 17.0. The van der Waals surface area contributed by atoms with Crippen molar-refractivity contribution in [1.82, 2.24) is 0 Å². The van der Waals surface area contributed by atoms with Crippen LogP contribution in [-0.4, -0.2) is 0 Å². The first-order chi connectivity index (χ1) is 30.3. The molecule has 0 fully saturated rings. The topological polar surface area (TPSA) is 13.1 Å². The van der Waals surface area contributed by atoms with Gasteiger partial charge in [-0.25, -0.2) is 0 Å². The molecule has 0 saturated carbocycles.